The maximum Gasteiger partial charge on any atom is 0.261 e. The fraction of sp³-hybridized carbons (Fsp3) is 0.364. The third-order valence-electron chi connectivity index (χ3n) is 4.15. The molecule has 0 unspecified atom stereocenters. The third-order valence-corrected chi connectivity index (χ3v) is 4.15. The van der Waals surface area contributed by atoms with Crippen LogP contribution in [0.2, 0.25) is 0 Å². The number of rotatable bonds is 8. The Hall–Kier alpha value is -2.82. The normalized spacial score (nSPS) is 11.7. The lowest BCUT2D eigenvalue weighted by molar-refractivity contribution is -0.142. The highest BCUT2D eigenvalue weighted by Crippen LogP contribution is 2.14. The molecule has 0 aliphatic heterocycles. The van der Waals surface area contributed by atoms with Crippen molar-refractivity contribution in [3.05, 3.63) is 65.7 Å². The van der Waals surface area contributed by atoms with E-state index >= 15 is 0 Å². The maximum atomic E-state index is 12.9. The largest absolute Gasteiger partial charge is 0.484 e. The van der Waals surface area contributed by atoms with E-state index in [0.29, 0.717) is 12.3 Å². The molecule has 144 valence electrons. The zero-order valence-electron chi connectivity index (χ0n) is 16.4. The lowest BCUT2D eigenvalue weighted by atomic mass is 10.1. The minimum absolute atomic E-state index is 0.0113. The number of benzene rings is 2. The first-order valence-electron chi connectivity index (χ1n) is 9.20. The van der Waals surface area contributed by atoms with Crippen LogP contribution in [-0.2, 0) is 16.1 Å². The Bertz CT molecular complexity index is 759. The van der Waals surface area contributed by atoms with Gasteiger partial charge in [0.05, 0.1) is 0 Å². The van der Waals surface area contributed by atoms with Gasteiger partial charge in [-0.3, -0.25) is 9.59 Å². The third kappa shape index (κ3) is 6.44. The van der Waals surface area contributed by atoms with E-state index in [-0.39, 0.29) is 24.5 Å². The molecule has 0 heterocycles. The molecule has 2 aromatic carbocycles. The van der Waals surface area contributed by atoms with Gasteiger partial charge in [-0.1, -0.05) is 42.5 Å². The van der Waals surface area contributed by atoms with Crippen LogP contribution < -0.4 is 10.1 Å². The Labute approximate surface area is 161 Å². The van der Waals surface area contributed by atoms with E-state index < -0.39 is 6.04 Å². The molecule has 1 atom stereocenters. The Kier molecular flexibility index (Phi) is 7.41. The second-order valence-electron chi connectivity index (χ2n) is 6.95. The summed E-state index contributed by atoms with van der Waals surface area (Å²) in [6.45, 7) is 7.74. The lowest BCUT2D eigenvalue weighted by Gasteiger charge is -2.29. The number of hydrogen-bond donors (Lipinski definition) is 1. The molecule has 2 amide bonds. The van der Waals surface area contributed by atoms with Crippen molar-refractivity contribution in [2.45, 2.75) is 46.3 Å². The summed E-state index contributed by atoms with van der Waals surface area (Å²) in [4.78, 5) is 26.9. The van der Waals surface area contributed by atoms with Gasteiger partial charge in [0.1, 0.15) is 11.8 Å². The minimum atomic E-state index is -0.596. The molecule has 0 spiro atoms. The van der Waals surface area contributed by atoms with Gasteiger partial charge in [-0.2, -0.15) is 0 Å². The molecular formula is C22H28N2O3. The first kappa shape index (κ1) is 20.5. The van der Waals surface area contributed by atoms with E-state index in [9.17, 15) is 9.59 Å². The van der Waals surface area contributed by atoms with Crippen molar-refractivity contribution >= 4 is 11.8 Å². The number of carbonyl (C=O) groups excluding carboxylic acids is 2. The fourth-order valence-corrected chi connectivity index (χ4v) is 2.70. The summed E-state index contributed by atoms with van der Waals surface area (Å²) in [5, 5.41) is 2.87. The molecule has 0 radical (unpaired) electrons. The molecule has 0 aromatic heterocycles. The van der Waals surface area contributed by atoms with Gasteiger partial charge in [-0.15, -0.1) is 0 Å². The van der Waals surface area contributed by atoms with Crippen LogP contribution in [0.3, 0.4) is 0 Å². The molecule has 0 saturated heterocycles. The van der Waals surface area contributed by atoms with Crippen LogP contribution in [0, 0.1) is 6.92 Å². The summed E-state index contributed by atoms with van der Waals surface area (Å²) < 4.78 is 5.66. The van der Waals surface area contributed by atoms with Gasteiger partial charge < -0.3 is 15.0 Å². The zero-order chi connectivity index (χ0) is 19.8. The van der Waals surface area contributed by atoms with Gasteiger partial charge in [0.15, 0.2) is 6.61 Å². The molecule has 5 heteroatoms. The van der Waals surface area contributed by atoms with E-state index in [0.717, 1.165) is 11.1 Å². The van der Waals surface area contributed by atoms with Crippen LogP contribution in [0.25, 0.3) is 0 Å². The molecule has 0 aliphatic carbocycles. The standard InChI is InChI=1S/C22H28N2O3/c1-16(2)23-22(26)18(4)24(14-19-10-6-5-7-11-19)21(25)15-27-20-12-8-9-17(3)13-20/h5-13,16,18H,14-15H2,1-4H3,(H,23,26)/t18-/m0/s1. The highest BCUT2D eigenvalue weighted by Gasteiger charge is 2.26. The van der Waals surface area contributed by atoms with Crippen LogP contribution in [0.15, 0.2) is 54.6 Å². The molecule has 27 heavy (non-hydrogen) atoms. The van der Waals surface area contributed by atoms with Gasteiger partial charge in [0, 0.05) is 12.6 Å². The Morgan fingerprint density at radius 2 is 1.74 bits per heavy atom. The summed E-state index contributed by atoms with van der Waals surface area (Å²) in [5.41, 5.74) is 2.02. The summed E-state index contributed by atoms with van der Waals surface area (Å²) in [6.07, 6.45) is 0. The molecule has 1 N–H and O–H groups in total. The summed E-state index contributed by atoms with van der Waals surface area (Å²) in [6, 6.07) is 16.6. The summed E-state index contributed by atoms with van der Waals surface area (Å²) >= 11 is 0. The molecule has 0 aliphatic rings. The molecule has 0 fully saturated rings. The van der Waals surface area contributed by atoms with Crippen LogP contribution in [0.4, 0.5) is 0 Å². The number of ether oxygens (including phenoxy) is 1. The van der Waals surface area contributed by atoms with Gasteiger partial charge in [-0.05, 0) is 51.0 Å². The first-order chi connectivity index (χ1) is 12.9. The second kappa shape index (κ2) is 9.76. The molecule has 5 nitrogen and oxygen atoms in total. The number of carbonyl (C=O) groups is 2. The highest BCUT2D eigenvalue weighted by molar-refractivity contribution is 5.88. The van der Waals surface area contributed by atoms with Gasteiger partial charge >= 0.3 is 0 Å². The Balaban J connectivity index is 2.11. The number of nitrogens with zero attached hydrogens (tertiary/aromatic N) is 1. The monoisotopic (exact) mass is 368 g/mol. The predicted molar refractivity (Wildman–Crippen MR) is 106 cm³/mol. The molecule has 2 rings (SSSR count). The molecule has 0 saturated carbocycles. The predicted octanol–water partition coefficient (Wildman–Crippen LogP) is 3.32. The Morgan fingerprint density at radius 1 is 1.04 bits per heavy atom. The number of amides is 2. The van der Waals surface area contributed by atoms with Crippen LogP contribution in [0.1, 0.15) is 31.9 Å². The van der Waals surface area contributed by atoms with E-state index in [1.54, 1.807) is 11.8 Å². The minimum Gasteiger partial charge on any atom is -0.484 e. The topological polar surface area (TPSA) is 58.6 Å². The van der Waals surface area contributed by atoms with Gasteiger partial charge in [0.25, 0.3) is 5.91 Å². The lowest BCUT2D eigenvalue weighted by Crippen LogP contribution is -2.50. The van der Waals surface area contributed by atoms with E-state index in [1.807, 2.05) is 75.4 Å². The Morgan fingerprint density at radius 3 is 2.37 bits per heavy atom. The average Bonchev–Trinajstić information content (AvgIpc) is 2.64. The molecular weight excluding hydrogens is 340 g/mol. The molecule has 2 aromatic rings. The van der Waals surface area contributed by atoms with Crippen molar-refractivity contribution in [3.8, 4) is 5.75 Å². The van der Waals surface area contributed by atoms with Gasteiger partial charge in [0.2, 0.25) is 5.91 Å². The van der Waals surface area contributed by atoms with Gasteiger partial charge in [-0.25, -0.2) is 0 Å². The van der Waals surface area contributed by atoms with Crippen LogP contribution in [0.5, 0.6) is 5.75 Å². The zero-order valence-corrected chi connectivity index (χ0v) is 16.4. The number of aryl methyl sites for hydroxylation is 1. The number of nitrogens with one attached hydrogen (secondary N) is 1. The van der Waals surface area contributed by atoms with E-state index in [4.69, 9.17) is 4.74 Å². The molecule has 0 bridgehead atoms. The highest BCUT2D eigenvalue weighted by atomic mass is 16.5. The van der Waals surface area contributed by atoms with Crippen molar-refractivity contribution in [2.75, 3.05) is 6.61 Å². The van der Waals surface area contributed by atoms with Crippen molar-refractivity contribution < 1.29 is 14.3 Å². The maximum absolute atomic E-state index is 12.9. The smallest absolute Gasteiger partial charge is 0.261 e. The second-order valence-corrected chi connectivity index (χ2v) is 6.95. The summed E-state index contributed by atoms with van der Waals surface area (Å²) in [5.74, 6) is 0.235. The summed E-state index contributed by atoms with van der Waals surface area (Å²) in [7, 11) is 0. The van der Waals surface area contributed by atoms with Crippen molar-refractivity contribution in [1.82, 2.24) is 10.2 Å². The SMILES string of the molecule is Cc1cccc(OCC(=O)N(Cc2ccccc2)[C@@H](C)C(=O)NC(C)C)c1. The van der Waals surface area contributed by atoms with Crippen molar-refractivity contribution in [3.63, 3.8) is 0 Å². The van der Waals surface area contributed by atoms with E-state index in [1.165, 1.54) is 0 Å². The quantitative estimate of drug-likeness (QED) is 0.778. The van der Waals surface area contributed by atoms with Crippen LogP contribution in [-0.4, -0.2) is 35.4 Å². The van der Waals surface area contributed by atoms with Crippen molar-refractivity contribution in [1.29, 1.82) is 0 Å². The van der Waals surface area contributed by atoms with Crippen LogP contribution >= 0.6 is 0 Å². The number of hydrogen-bond acceptors (Lipinski definition) is 3. The van der Waals surface area contributed by atoms with Crippen molar-refractivity contribution in [2.24, 2.45) is 0 Å². The van der Waals surface area contributed by atoms with E-state index in [2.05, 4.69) is 5.32 Å². The first-order valence-corrected chi connectivity index (χ1v) is 9.20. The average molecular weight is 368 g/mol. The fourth-order valence-electron chi connectivity index (χ4n) is 2.70.